The Labute approximate surface area is 85.5 Å². The Morgan fingerprint density at radius 1 is 1.21 bits per heavy atom. The smallest absolute Gasteiger partial charge is 0.0277 e. The van der Waals surface area contributed by atoms with Gasteiger partial charge in [0.2, 0.25) is 0 Å². The predicted octanol–water partition coefficient (Wildman–Crippen LogP) is 2.13. The molecule has 1 aromatic rings. The Bertz CT molecular complexity index is 342. The molecule has 1 aromatic carbocycles. The van der Waals surface area contributed by atoms with Crippen LogP contribution in [0, 0.1) is 12.3 Å². The maximum absolute atomic E-state index is 5.49. The molecule has 0 saturated carbocycles. The first-order valence-corrected chi connectivity index (χ1v) is 5.18. The van der Waals surface area contributed by atoms with Crippen molar-refractivity contribution in [2.24, 2.45) is 0 Å². The Morgan fingerprint density at radius 2 is 1.93 bits per heavy atom. The molecule has 1 aliphatic rings. The summed E-state index contributed by atoms with van der Waals surface area (Å²) in [7, 11) is 0. The molecule has 0 radical (unpaired) electrons. The Kier molecular flexibility index (Phi) is 2.86. The third-order valence-corrected chi connectivity index (χ3v) is 2.90. The first-order valence-electron chi connectivity index (χ1n) is 5.18. The number of piperidine rings is 1. The van der Waals surface area contributed by atoms with Crippen LogP contribution in [0.4, 0.5) is 0 Å². The lowest BCUT2D eigenvalue weighted by Gasteiger charge is -2.23. The minimum absolute atomic E-state index is 0.656. The highest BCUT2D eigenvalue weighted by molar-refractivity contribution is 5.41. The van der Waals surface area contributed by atoms with Crippen LogP contribution in [0.15, 0.2) is 24.3 Å². The molecule has 1 fully saturated rings. The van der Waals surface area contributed by atoms with Gasteiger partial charge in [0, 0.05) is 5.56 Å². The van der Waals surface area contributed by atoms with Gasteiger partial charge in [0.05, 0.1) is 0 Å². The Hall–Kier alpha value is -1.26. The number of hydrogen-bond acceptors (Lipinski definition) is 1. The lowest BCUT2D eigenvalue weighted by molar-refractivity contribution is 0.460. The molecular formula is C13H15N. The van der Waals surface area contributed by atoms with Crippen LogP contribution in [0.3, 0.4) is 0 Å². The lowest BCUT2D eigenvalue weighted by Crippen LogP contribution is -2.26. The number of nitrogens with one attached hydrogen (secondary N) is 1. The lowest BCUT2D eigenvalue weighted by atomic mass is 9.87. The van der Waals surface area contributed by atoms with Gasteiger partial charge >= 0.3 is 0 Å². The Morgan fingerprint density at radius 3 is 2.64 bits per heavy atom. The van der Waals surface area contributed by atoms with Crippen molar-refractivity contribution in [3.05, 3.63) is 35.4 Å². The summed E-state index contributed by atoms with van der Waals surface area (Å²) in [5, 5.41) is 3.37. The molecule has 2 rings (SSSR count). The van der Waals surface area contributed by atoms with Crippen molar-refractivity contribution < 1.29 is 0 Å². The maximum atomic E-state index is 5.49. The van der Waals surface area contributed by atoms with Crippen molar-refractivity contribution in [1.82, 2.24) is 5.32 Å². The molecule has 1 N–H and O–H groups in total. The Balaban J connectivity index is 2.26. The molecular weight excluding hydrogens is 170 g/mol. The van der Waals surface area contributed by atoms with E-state index < -0.39 is 0 Å². The molecule has 0 atom stereocenters. The van der Waals surface area contributed by atoms with Crippen LogP contribution in [0.2, 0.25) is 0 Å². The number of hydrogen-bond donors (Lipinski definition) is 1. The molecule has 1 saturated heterocycles. The summed E-state index contributed by atoms with van der Waals surface area (Å²) in [6, 6.07) is 8.31. The van der Waals surface area contributed by atoms with Crippen molar-refractivity contribution in [2.45, 2.75) is 18.8 Å². The second-order valence-electron chi connectivity index (χ2n) is 3.76. The fourth-order valence-corrected chi connectivity index (χ4v) is 2.12. The van der Waals surface area contributed by atoms with E-state index in [2.05, 4.69) is 23.4 Å². The molecule has 1 heterocycles. The molecule has 1 nitrogen and oxygen atoms in total. The van der Waals surface area contributed by atoms with Gasteiger partial charge in [-0.2, -0.15) is 0 Å². The van der Waals surface area contributed by atoms with Gasteiger partial charge in [-0.1, -0.05) is 24.1 Å². The number of terminal acetylenes is 1. The van der Waals surface area contributed by atoms with Gasteiger partial charge in [0.1, 0.15) is 0 Å². The van der Waals surface area contributed by atoms with Gasteiger partial charge in [0.25, 0.3) is 0 Å². The van der Waals surface area contributed by atoms with E-state index in [1.54, 1.807) is 0 Å². The number of benzene rings is 1. The zero-order valence-corrected chi connectivity index (χ0v) is 8.29. The zero-order chi connectivity index (χ0) is 9.80. The van der Waals surface area contributed by atoms with Crippen molar-refractivity contribution in [3.8, 4) is 12.3 Å². The summed E-state index contributed by atoms with van der Waals surface area (Å²) in [6.07, 6.45) is 7.91. The molecule has 72 valence electrons. The van der Waals surface area contributed by atoms with Crippen LogP contribution in [0.1, 0.15) is 29.9 Å². The summed E-state index contributed by atoms with van der Waals surface area (Å²) in [5.74, 6) is 3.43. The minimum atomic E-state index is 0.656. The van der Waals surface area contributed by atoms with Gasteiger partial charge in [0.15, 0.2) is 0 Å². The van der Waals surface area contributed by atoms with Crippen LogP contribution in [0.5, 0.6) is 0 Å². The quantitative estimate of drug-likeness (QED) is 0.661. The van der Waals surface area contributed by atoms with Gasteiger partial charge in [-0.05, 0) is 43.5 Å². The summed E-state index contributed by atoms with van der Waals surface area (Å²) < 4.78 is 0. The minimum Gasteiger partial charge on any atom is -0.317 e. The first kappa shape index (κ1) is 9.30. The third-order valence-electron chi connectivity index (χ3n) is 2.90. The van der Waals surface area contributed by atoms with Gasteiger partial charge in [-0.15, -0.1) is 6.42 Å². The first-order chi connectivity index (χ1) is 6.92. The fraction of sp³-hybridized carbons (Fsp3) is 0.385. The summed E-state index contributed by atoms with van der Waals surface area (Å²) in [5.41, 5.74) is 2.43. The monoisotopic (exact) mass is 185 g/mol. The average Bonchev–Trinajstić information content (AvgIpc) is 2.30. The van der Waals surface area contributed by atoms with Crippen molar-refractivity contribution in [2.75, 3.05) is 13.1 Å². The second-order valence-corrected chi connectivity index (χ2v) is 3.76. The highest BCUT2D eigenvalue weighted by Crippen LogP contribution is 2.27. The van der Waals surface area contributed by atoms with E-state index in [4.69, 9.17) is 6.42 Å². The van der Waals surface area contributed by atoms with Crippen LogP contribution in [-0.4, -0.2) is 13.1 Å². The summed E-state index contributed by atoms with van der Waals surface area (Å²) in [6.45, 7) is 2.23. The third kappa shape index (κ3) is 1.81. The molecule has 0 aromatic heterocycles. The van der Waals surface area contributed by atoms with Crippen molar-refractivity contribution in [3.63, 3.8) is 0 Å². The fourth-order valence-electron chi connectivity index (χ4n) is 2.12. The van der Waals surface area contributed by atoms with Crippen molar-refractivity contribution >= 4 is 0 Å². The van der Waals surface area contributed by atoms with E-state index in [1.165, 1.54) is 18.4 Å². The number of rotatable bonds is 1. The topological polar surface area (TPSA) is 12.0 Å². The maximum Gasteiger partial charge on any atom is 0.0277 e. The summed E-state index contributed by atoms with van der Waals surface area (Å²) >= 11 is 0. The van der Waals surface area contributed by atoms with E-state index >= 15 is 0 Å². The van der Waals surface area contributed by atoms with E-state index in [0.29, 0.717) is 5.92 Å². The van der Waals surface area contributed by atoms with E-state index in [1.807, 2.05) is 12.1 Å². The van der Waals surface area contributed by atoms with E-state index in [9.17, 15) is 0 Å². The SMILES string of the molecule is C#Cc1ccccc1C1CCNCC1. The van der Waals surface area contributed by atoms with E-state index in [-0.39, 0.29) is 0 Å². The standard InChI is InChI=1S/C13H15N/c1-2-11-5-3-4-6-13(11)12-7-9-14-10-8-12/h1,3-6,12,14H,7-10H2. The van der Waals surface area contributed by atoms with Crippen LogP contribution in [0.25, 0.3) is 0 Å². The molecule has 1 heteroatoms. The molecule has 0 aliphatic carbocycles. The van der Waals surface area contributed by atoms with E-state index in [0.717, 1.165) is 18.7 Å². The summed E-state index contributed by atoms with van der Waals surface area (Å²) in [4.78, 5) is 0. The zero-order valence-electron chi connectivity index (χ0n) is 8.29. The van der Waals surface area contributed by atoms with Gasteiger partial charge in [-0.25, -0.2) is 0 Å². The van der Waals surface area contributed by atoms with Crippen molar-refractivity contribution in [1.29, 1.82) is 0 Å². The van der Waals surface area contributed by atoms with Gasteiger partial charge in [-0.3, -0.25) is 0 Å². The van der Waals surface area contributed by atoms with Crippen LogP contribution < -0.4 is 5.32 Å². The van der Waals surface area contributed by atoms with Gasteiger partial charge < -0.3 is 5.32 Å². The normalized spacial score (nSPS) is 17.6. The highest BCUT2D eigenvalue weighted by atomic mass is 14.9. The molecule has 14 heavy (non-hydrogen) atoms. The predicted molar refractivity (Wildman–Crippen MR) is 59.2 cm³/mol. The average molecular weight is 185 g/mol. The molecule has 0 unspecified atom stereocenters. The molecule has 0 bridgehead atoms. The van der Waals surface area contributed by atoms with Crippen LogP contribution in [-0.2, 0) is 0 Å². The molecule has 0 amide bonds. The highest BCUT2D eigenvalue weighted by Gasteiger charge is 2.16. The van der Waals surface area contributed by atoms with Crippen LogP contribution >= 0.6 is 0 Å². The molecule has 0 spiro atoms. The molecule has 1 aliphatic heterocycles. The largest absolute Gasteiger partial charge is 0.317 e. The second kappa shape index (κ2) is 4.30.